The Labute approximate surface area is 202 Å². The van der Waals surface area contributed by atoms with Gasteiger partial charge < -0.3 is 0 Å². The van der Waals surface area contributed by atoms with Gasteiger partial charge in [0.15, 0.2) is 0 Å². The van der Waals surface area contributed by atoms with E-state index in [0.29, 0.717) is 5.41 Å². The van der Waals surface area contributed by atoms with Crippen LogP contribution in [-0.4, -0.2) is 0 Å². The predicted octanol–water partition coefficient (Wildman–Crippen LogP) is 10.6. The normalized spacial score (nSPS) is 35.0. The minimum atomic E-state index is 0.604. The Morgan fingerprint density at radius 1 is 0.969 bits per heavy atom. The van der Waals surface area contributed by atoms with Gasteiger partial charge in [-0.15, -0.1) is 0 Å². The molecule has 0 amide bonds. The van der Waals surface area contributed by atoms with Crippen LogP contribution in [0, 0.1) is 46.8 Å². The van der Waals surface area contributed by atoms with Crippen LogP contribution in [0.5, 0.6) is 0 Å². The van der Waals surface area contributed by atoms with E-state index < -0.39 is 0 Å². The number of allylic oxidation sites excluding steroid dienone is 2. The first kappa shape index (κ1) is 26.3. The molecular formula is C32H58. The number of hydrogen-bond acceptors (Lipinski definition) is 0. The average Bonchev–Trinajstić information content (AvgIpc) is 3.63. The monoisotopic (exact) mass is 442 g/mol. The molecule has 0 nitrogen and oxygen atoms in total. The predicted molar refractivity (Wildman–Crippen MR) is 143 cm³/mol. The zero-order chi connectivity index (χ0) is 23.1. The molecule has 7 unspecified atom stereocenters. The Morgan fingerprint density at radius 2 is 1.75 bits per heavy atom. The van der Waals surface area contributed by atoms with Gasteiger partial charge >= 0.3 is 0 Å². The molecular weight excluding hydrogens is 384 g/mol. The van der Waals surface area contributed by atoms with E-state index in [2.05, 4.69) is 47.6 Å². The molecule has 0 aromatic carbocycles. The molecule has 0 N–H and O–H groups in total. The Kier molecular flexibility index (Phi) is 10.2. The third-order valence-corrected chi connectivity index (χ3v) is 11.0. The van der Waals surface area contributed by atoms with Crippen molar-refractivity contribution in [2.75, 3.05) is 0 Å². The first-order valence-corrected chi connectivity index (χ1v) is 15.1. The van der Waals surface area contributed by atoms with Crippen molar-refractivity contribution in [3.05, 3.63) is 11.6 Å². The molecule has 0 heterocycles. The summed E-state index contributed by atoms with van der Waals surface area (Å²) in [6.07, 6.45) is 26.1. The highest BCUT2D eigenvalue weighted by atomic mass is 14.5. The van der Waals surface area contributed by atoms with E-state index in [-0.39, 0.29) is 0 Å². The first-order valence-electron chi connectivity index (χ1n) is 15.1. The van der Waals surface area contributed by atoms with Crippen LogP contribution in [0.25, 0.3) is 0 Å². The quantitative estimate of drug-likeness (QED) is 0.169. The van der Waals surface area contributed by atoms with Crippen molar-refractivity contribution >= 4 is 0 Å². The molecule has 0 spiro atoms. The van der Waals surface area contributed by atoms with Crippen molar-refractivity contribution in [2.45, 2.75) is 144 Å². The molecule has 7 atom stereocenters. The maximum absolute atomic E-state index is 2.76. The third kappa shape index (κ3) is 7.12. The molecule has 0 bridgehead atoms. The summed E-state index contributed by atoms with van der Waals surface area (Å²) in [5.74, 6) is 6.91. The summed E-state index contributed by atoms with van der Waals surface area (Å²) >= 11 is 0. The van der Waals surface area contributed by atoms with E-state index >= 15 is 0 Å². The lowest BCUT2D eigenvalue weighted by Gasteiger charge is -2.27. The van der Waals surface area contributed by atoms with Gasteiger partial charge in [0.25, 0.3) is 0 Å². The summed E-state index contributed by atoms with van der Waals surface area (Å²) in [5.41, 5.74) is 2.38. The summed E-state index contributed by atoms with van der Waals surface area (Å²) in [7, 11) is 0. The number of unbranched alkanes of at least 4 members (excludes halogenated alkanes) is 1. The average molecular weight is 443 g/mol. The van der Waals surface area contributed by atoms with Gasteiger partial charge in [-0.25, -0.2) is 0 Å². The van der Waals surface area contributed by atoms with Crippen LogP contribution in [0.4, 0.5) is 0 Å². The SMILES string of the molecule is CCC1=CC(C2CC2C(C)C2CCCC(CCCCC(C)(CC)CC)CC2)C(C)CCC1. The summed E-state index contributed by atoms with van der Waals surface area (Å²) < 4.78 is 0. The van der Waals surface area contributed by atoms with Crippen LogP contribution >= 0.6 is 0 Å². The fourth-order valence-corrected chi connectivity index (χ4v) is 7.65. The van der Waals surface area contributed by atoms with E-state index in [0.717, 1.165) is 41.4 Å². The number of hydrogen-bond donors (Lipinski definition) is 0. The fraction of sp³-hybridized carbons (Fsp3) is 0.938. The summed E-state index contributed by atoms with van der Waals surface area (Å²) in [5, 5.41) is 0. The smallest absolute Gasteiger partial charge is 0.0174 e. The van der Waals surface area contributed by atoms with Crippen molar-refractivity contribution in [1.29, 1.82) is 0 Å². The summed E-state index contributed by atoms with van der Waals surface area (Å²) in [4.78, 5) is 0. The van der Waals surface area contributed by atoms with Gasteiger partial charge in [0.1, 0.15) is 0 Å². The molecule has 0 radical (unpaired) electrons. The van der Waals surface area contributed by atoms with Gasteiger partial charge in [0.2, 0.25) is 0 Å². The molecule has 32 heavy (non-hydrogen) atoms. The van der Waals surface area contributed by atoms with Gasteiger partial charge in [-0.3, -0.25) is 0 Å². The van der Waals surface area contributed by atoms with Gasteiger partial charge in [-0.05, 0) is 91.8 Å². The van der Waals surface area contributed by atoms with Crippen molar-refractivity contribution in [1.82, 2.24) is 0 Å². The summed E-state index contributed by atoms with van der Waals surface area (Å²) in [6, 6.07) is 0. The lowest BCUT2D eigenvalue weighted by atomic mass is 9.79. The molecule has 0 aliphatic heterocycles. The lowest BCUT2D eigenvalue weighted by Crippen LogP contribution is -2.18. The maximum atomic E-state index is 2.76. The van der Waals surface area contributed by atoms with E-state index in [9.17, 15) is 0 Å². The standard InChI is InChI=1S/C32H58/c1-7-26-16-12-14-24(4)29(22-26)31-23-30(31)25(5)28-18-13-17-27(19-20-28)15-10-11-21-32(6,8-2)9-3/h22,24-25,27-31H,7-21,23H2,1-6H3. The van der Waals surface area contributed by atoms with Crippen molar-refractivity contribution in [2.24, 2.45) is 46.8 Å². The van der Waals surface area contributed by atoms with Gasteiger partial charge in [-0.2, -0.15) is 0 Å². The van der Waals surface area contributed by atoms with Crippen LogP contribution in [-0.2, 0) is 0 Å². The number of rotatable bonds is 11. The summed E-state index contributed by atoms with van der Waals surface area (Å²) in [6.45, 7) is 14.9. The third-order valence-electron chi connectivity index (χ3n) is 11.0. The van der Waals surface area contributed by atoms with Crippen LogP contribution in [0.3, 0.4) is 0 Å². The molecule has 0 aromatic heterocycles. The maximum Gasteiger partial charge on any atom is -0.0174 e. The molecule has 3 aliphatic carbocycles. The van der Waals surface area contributed by atoms with Crippen LogP contribution < -0.4 is 0 Å². The van der Waals surface area contributed by atoms with Crippen LogP contribution in [0.15, 0.2) is 11.6 Å². The van der Waals surface area contributed by atoms with Crippen molar-refractivity contribution in [3.8, 4) is 0 Å². The molecule has 3 rings (SSSR count). The van der Waals surface area contributed by atoms with Gasteiger partial charge in [0.05, 0.1) is 0 Å². The minimum absolute atomic E-state index is 0.604. The van der Waals surface area contributed by atoms with Crippen molar-refractivity contribution in [3.63, 3.8) is 0 Å². The molecule has 0 saturated heterocycles. The molecule has 186 valence electrons. The second kappa shape index (κ2) is 12.4. The largest absolute Gasteiger partial charge is 0.0817 e. The highest BCUT2D eigenvalue weighted by Gasteiger charge is 2.48. The van der Waals surface area contributed by atoms with Crippen molar-refractivity contribution < 1.29 is 0 Å². The zero-order valence-electron chi connectivity index (χ0n) is 22.9. The Morgan fingerprint density at radius 3 is 2.47 bits per heavy atom. The van der Waals surface area contributed by atoms with Gasteiger partial charge in [-0.1, -0.05) is 111 Å². The first-order chi connectivity index (χ1) is 15.4. The Hall–Kier alpha value is -0.260. The fourth-order valence-electron chi connectivity index (χ4n) is 7.65. The van der Waals surface area contributed by atoms with E-state index in [4.69, 9.17) is 0 Å². The second-order valence-electron chi connectivity index (χ2n) is 12.9. The molecule has 0 heteroatoms. The molecule has 0 aromatic rings. The van der Waals surface area contributed by atoms with E-state index in [1.807, 2.05) is 0 Å². The molecule has 2 fully saturated rings. The Bertz CT molecular complexity index is 567. The zero-order valence-corrected chi connectivity index (χ0v) is 22.9. The van der Waals surface area contributed by atoms with E-state index in [1.54, 1.807) is 5.57 Å². The van der Waals surface area contributed by atoms with Gasteiger partial charge in [0, 0.05) is 0 Å². The topological polar surface area (TPSA) is 0 Å². The van der Waals surface area contributed by atoms with Crippen LogP contribution in [0.1, 0.15) is 144 Å². The molecule has 2 saturated carbocycles. The van der Waals surface area contributed by atoms with Crippen LogP contribution in [0.2, 0.25) is 0 Å². The molecule has 3 aliphatic rings. The second-order valence-corrected chi connectivity index (χ2v) is 12.9. The Balaban J connectivity index is 1.42. The lowest BCUT2D eigenvalue weighted by molar-refractivity contribution is 0.248. The van der Waals surface area contributed by atoms with E-state index in [1.165, 1.54) is 103 Å². The highest BCUT2D eigenvalue weighted by molar-refractivity contribution is 5.12. The minimum Gasteiger partial charge on any atom is -0.0817 e. The highest BCUT2D eigenvalue weighted by Crippen LogP contribution is 2.56.